The van der Waals surface area contributed by atoms with Crippen molar-refractivity contribution in [2.45, 2.75) is 6.92 Å². The lowest BCUT2D eigenvalue weighted by molar-refractivity contribution is -0.112. The van der Waals surface area contributed by atoms with Gasteiger partial charge in [0.05, 0.1) is 24.1 Å². The van der Waals surface area contributed by atoms with Gasteiger partial charge >= 0.3 is 0 Å². The van der Waals surface area contributed by atoms with E-state index in [0.717, 1.165) is 21.9 Å². The molecule has 2 aromatic rings. The van der Waals surface area contributed by atoms with Crippen LogP contribution in [0.15, 0.2) is 52.6 Å². The van der Waals surface area contributed by atoms with Gasteiger partial charge in [0.15, 0.2) is 11.0 Å². The fourth-order valence-corrected chi connectivity index (χ4v) is 4.84. The van der Waals surface area contributed by atoms with E-state index in [2.05, 4.69) is 14.7 Å². The van der Waals surface area contributed by atoms with Gasteiger partial charge in [0.2, 0.25) is 0 Å². The van der Waals surface area contributed by atoms with Crippen LogP contribution in [0.5, 0.6) is 5.75 Å². The van der Waals surface area contributed by atoms with Gasteiger partial charge in [0.25, 0.3) is 15.9 Å². The number of nitrogens with zero attached hydrogens (tertiary/aromatic N) is 3. The number of anilines is 1. The number of nitrogens with one attached hydrogen (secondary N) is 1. The molecule has 0 saturated carbocycles. The first-order chi connectivity index (χ1) is 13.9. The molecule has 29 heavy (non-hydrogen) atoms. The van der Waals surface area contributed by atoms with Crippen molar-refractivity contribution in [2.75, 3.05) is 24.7 Å². The lowest BCUT2D eigenvalue weighted by Crippen LogP contribution is -2.40. The van der Waals surface area contributed by atoms with E-state index >= 15 is 0 Å². The second kappa shape index (κ2) is 7.45. The molecule has 0 unspecified atom stereocenters. The molecule has 150 valence electrons. The minimum atomic E-state index is -3.57. The second-order valence-corrected chi connectivity index (χ2v) is 9.38. The molecule has 0 spiro atoms. The number of hydrogen-bond acceptors (Lipinski definition) is 7. The molecule has 0 atom stereocenters. The zero-order chi connectivity index (χ0) is 20.6. The van der Waals surface area contributed by atoms with Gasteiger partial charge < -0.3 is 9.64 Å². The lowest BCUT2D eigenvalue weighted by Gasteiger charge is -2.28. The van der Waals surface area contributed by atoms with E-state index < -0.39 is 15.9 Å². The molecule has 2 aliphatic heterocycles. The number of thiazole rings is 1. The molecule has 0 radical (unpaired) electrons. The molecule has 0 fully saturated rings. The number of hydrogen-bond donors (Lipinski definition) is 1. The Morgan fingerprint density at radius 2 is 2.03 bits per heavy atom. The van der Waals surface area contributed by atoms with Crippen molar-refractivity contribution in [2.24, 2.45) is 4.40 Å². The molecule has 0 bridgehead atoms. The Bertz CT molecular complexity index is 1160. The molecule has 1 aromatic heterocycles. The summed E-state index contributed by atoms with van der Waals surface area (Å²) in [7, 11) is -1.96. The molecule has 0 saturated heterocycles. The molecule has 8 nitrogen and oxygen atoms in total. The number of sulfonamides is 1. The average molecular weight is 431 g/mol. The quantitative estimate of drug-likeness (QED) is 0.800. The topological polar surface area (TPSA) is 101 Å². The highest BCUT2D eigenvalue weighted by Gasteiger charge is 2.30. The number of amidine groups is 1. The maximum absolute atomic E-state index is 12.8. The second-order valence-electron chi connectivity index (χ2n) is 6.42. The molecule has 3 heterocycles. The van der Waals surface area contributed by atoms with Crippen LogP contribution in [0, 0.1) is 6.92 Å². The van der Waals surface area contributed by atoms with Gasteiger partial charge in [-0.15, -0.1) is 15.7 Å². The minimum Gasteiger partial charge on any atom is -0.497 e. The van der Waals surface area contributed by atoms with Crippen LogP contribution >= 0.6 is 11.3 Å². The third-order valence-electron chi connectivity index (χ3n) is 4.48. The number of ether oxygens (including phenoxy) is 1. The van der Waals surface area contributed by atoms with Gasteiger partial charge in [-0.1, -0.05) is 0 Å². The van der Waals surface area contributed by atoms with E-state index in [1.165, 1.54) is 11.3 Å². The Hall–Kier alpha value is -2.98. The normalized spacial score (nSPS) is 17.2. The molecule has 0 aliphatic carbocycles. The molecular formula is C19H18N4O4S2. The van der Waals surface area contributed by atoms with Crippen molar-refractivity contribution in [1.82, 2.24) is 9.88 Å². The third kappa shape index (κ3) is 3.94. The predicted octanol–water partition coefficient (Wildman–Crippen LogP) is 2.56. The van der Waals surface area contributed by atoms with Crippen molar-refractivity contribution in [3.8, 4) is 17.0 Å². The van der Waals surface area contributed by atoms with Crippen LogP contribution in [0.2, 0.25) is 0 Å². The summed E-state index contributed by atoms with van der Waals surface area (Å²) in [6.45, 7) is 2.19. The fraction of sp³-hybridized carbons (Fsp3) is 0.211. The number of benzene rings is 1. The summed E-state index contributed by atoms with van der Waals surface area (Å²) in [5, 5.41) is 3.20. The third-order valence-corrected chi connectivity index (χ3v) is 6.52. The smallest absolute Gasteiger partial charge is 0.261 e. The van der Waals surface area contributed by atoms with Crippen molar-refractivity contribution in [3.05, 3.63) is 53.1 Å². The van der Waals surface area contributed by atoms with Crippen LogP contribution in [-0.4, -0.2) is 49.5 Å². The Labute approximate surface area is 172 Å². The fourth-order valence-electron chi connectivity index (χ4n) is 3.02. The molecule has 2 aliphatic rings. The van der Waals surface area contributed by atoms with Crippen molar-refractivity contribution in [3.63, 3.8) is 0 Å². The number of aryl methyl sites for hydroxylation is 1. The number of aromatic nitrogens is 1. The zero-order valence-corrected chi connectivity index (χ0v) is 17.4. The Morgan fingerprint density at radius 1 is 1.28 bits per heavy atom. The zero-order valence-electron chi connectivity index (χ0n) is 15.7. The molecule has 4 rings (SSSR count). The number of amides is 1. The Morgan fingerprint density at radius 3 is 2.76 bits per heavy atom. The van der Waals surface area contributed by atoms with Crippen LogP contribution in [-0.2, 0) is 14.8 Å². The first-order valence-corrected chi connectivity index (χ1v) is 11.2. The number of fused-ring (bicyclic) bond motifs is 1. The summed E-state index contributed by atoms with van der Waals surface area (Å²) in [6.07, 6.45) is 4.96. The summed E-state index contributed by atoms with van der Waals surface area (Å²) < 4.78 is 32.7. The van der Waals surface area contributed by atoms with Gasteiger partial charge in [-0.3, -0.25) is 10.1 Å². The van der Waals surface area contributed by atoms with Crippen LogP contribution in [0.4, 0.5) is 5.13 Å². The Kier molecular flexibility index (Phi) is 4.97. The van der Waals surface area contributed by atoms with E-state index in [1.807, 2.05) is 31.2 Å². The highest BCUT2D eigenvalue weighted by Crippen LogP contribution is 2.31. The van der Waals surface area contributed by atoms with E-state index in [4.69, 9.17) is 4.74 Å². The molecule has 1 N–H and O–H groups in total. The monoisotopic (exact) mass is 430 g/mol. The SMILES string of the molecule is COc1ccc(-c2nc(NC(=O)C3=CC=CN4CCS(=O)(=O)N=C34)sc2C)cc1. The minimum absolute atomic E-state index is 0.0768. The number of carbonyl (C=O) groups excluding carboxylic acids is 1. The maximum atomic E-state index is 12.8. The summed E-state index contributed by atoms with van der Waals surface area (Å²) >= 11 is 1.35. The molecular weight excluding hydrogens is 412 g/mol. The summed E-state index contributed by atoms with van der Waals surface area (Å²) in [6, 6.07) is 7.50. The van der Waals surface area contributed by atoms with Crippen LogP contribution < -0.4 is 10.1 Å². The lowest BCUT2D eigenvalue weighted by atomic mass is 10.1. The molecule has 1 aromatic carbocycles. The predicted molar refractivity (Wildman–Crippen MR) is 113 cm³/mol. The summed E-state index contributed by atoms with van der Waals surface area (Å²) in [5.41, 5.74) is 1.87. The van der Waals surface area contributed by atoms with Crippen LogP contribution in [0.1, 0.15) is 4.88 Å². The average Bonchev–Trinajstić information content (AvgIpc) is 3.06. The highest BCUT2D eigenvalue weighted by atomic mass is 32.2. The highest BCUT2D eigenvalue weighted by molar-refractivity contribution is 7.90. The van der Waals surface area contributed by atoms with E-state index in [9.17, 15) is 13.2 Å². The van der Waals surface area contributed by atoms with Gasteiger partial charge in [0.1, 0.15) is 5.75 Å². The standard InChI is InChI=1S/C19H18N4O4S2/c1-12-16(13-5-7-14(27-2)8-6-13)20-19(28-12)21-18(24)15-4-3-9-23-10-11-29(25,26)22-17(15)23/h3-9H,10-11H2,1-2H3,(H,20,21,24). The van der Waals surface area contributed by atoms with Gasteiger partial charge in [-0.25, -0.2) is 13.4 Å². The molecule has 10 heteroatoms. The van der Waals surface area contributed by atoms with Crippen LogP contribution in [0.3, 0.4) is 0 Å². The van der Waals surface area contributed by atoms with Crippen molar-refractivity contribution in [1.29, 1.82) is 0 Å². The summed E-state index contributed by atoms with van der Waals surface area (Å²) in [5.74, 6) is 0.359. The van der Waals surface area contributed by atoms with Gasteiger partial charge in [-0.2, -0.15) is 0 Å². The van der Waals surface area contributed by atoms with E-state index in [-0.39, 0.29) is 23.7 Å². The van der Waals surface area contributed by atoms with E-state index in [0.29, 0.717) is 5.13 Å². The number of allylic oxidation sites excluding steroid dienone is 2. The van der Waals surface area contributed by atoms with Crippen LogP contribution in [0.25, 0.3) is 11.3 Å². The first kappa shape index (κ1) is 19.3. The Balaban J connectivity index is 1.58. The van der Waals surface area contributed by atoms with E-state index in [1.54, 1.807) is 30.4 Å². The number of methoxy groups -OCH3 is 1. The molecule has 1 amide bonds. The van der Waals surface area contributed by atoms with Crippen molar-refractivity contribution >= 4 is 38.2 Å². The summed E-state index contributed by atoms with van der Waals surface area (Å²) in [4.78, 5) is 19.9. The first-order valence-electron chi connectivity index (χ1n) is 8.77. The maximum Gasteiger partial charge on any atom is 0.261 e. The van der Waals surface area contributed by atoms with Gasteiger partial charge in [-0.05, 0) is 43.3 Å². The number of rotatable bonds is 4. The largest absolute Gasteiger partial charge is 0.497 e. The number of carbonyl (C=O) groups is 1. The van der Waals surface area contributed by atoms with Gasteiger partial charge in [0, 0.05) is 23.2 Å². The van der Waals surface area contributed by atoms with Crippen molar-refractivity contribution < 1.29 is 17.9 Å².